The molecule has 0 spiro atoms. The fourth-order valence-corrected chi connectivity index (χ4v) is 2.98. The number of alkyl halides is 10. The summed E-state index contributed by atoms with van der Waals surface area (Å²) in [5.41, 5.74) is -2.23. The fourth-order valence-electron chi connectivity index (χ4n) is 2.98. The molecule has 0 amide bonds. The normalized spacial score (nSPS) is 15.7. The molecule has 0 rings (SSSR count). The van der Waals surface area contributed by atoms with Gasteiger partial charge in [0.25, 0.3) is 0 Å². The Hall–Kier alpha value is -1.02. The van der Waals surface area contributed by atoms with Crippen LogP contribution >= 0.6 is 0 Å². The molecule has 0 radical (unpaired) electrons. The summed E-state index contributed by atoms with van der Waals surface area (Å²) in [5.74, 6) is -10.0. The van der Waals surface area contributed by atoms with E-state index in [2.05, 4.69) is 9.47 Å². The second-order valence-corrected chi connectivity index (χ2v) is 10.5. The van der Waals surface area contributed by atoms with E-state index in [1.54, 1.807) is 6.92 Å². The lowest BCUT2D eigenvalue weighted by atomic mass is 9.94. The zero-order chi connectivity index (χ0) is 32.7. The molecule has 3 atom stereocenters. The van der Waals surface area contributed by atoms with E-state index in [1.165, 1.54) is 21.0 Å². The van der Waals surface area contributed by atoms with Crippen molar-refractivity contribution in [2.24, 2.45) is 10.8 Å². The number of ether oxygens (including phenoxy) is 7. The summed E-state index contributed by atoms with van der Waals surface area (Å²) in [4.78, 5) is 0. The number of aliphatic hydroxyl groups excluding tert-OH is 1. The number of rotatable bonds is 24. The molecule has 0 aliphatic carbocycles. The molecule has 46 heavy (non-hydrogen) atoms. The molecule has 1 N–H and O–H groups in total. The lowest BCUT2D eigenvalue weighted by molar-refractivity contribution is -0.298. The van der Waals surface area contributed by atoms with E-state index < -0.39 is 74.2 Å². The first-order valence-electron chi connectivity index (χ1n) is 12.6. The van der Waals surface area contributed by atoms with Crippen molar-refractivity contribution in [1.82, 2.24) is 0 Å². The standard InChI is InChI=1S/C24H40F10O8.4CH4/c1-18(9-37-5-6-38-12-19(2,10-35)13-40-16-21(25,26)23(29,30)31)42-8-7-39-14-20(3,11-36-4)15-41-17-22(27,28)24(32,33)34;;;;/h18,35H,5-17H2,1-4H3;4*1H4. The minimum Gasteiger partial charge on any atom is -0.396 e. The van der Waals surface area contributed by atoms with E-state index in [0.29, 0.717) is 0 Å². The van der Waals surface area contributed by atoms with Crippen LogP contribution in [0.5, 0.6) is 0 Å². The van der Waals surface area contributed by atoms with E-state index in [9.17, 15) is 49.0 Å². The monoisotopic (exact) mass is 710 g/mol. The smallest absolute Gasteiger partial charge is 0.396 e. The average Bonchev–Trinajstić information content (AvgIpc) is 2.84. The highest BCUT2D eigenvalue weighted by Crippen LogP contribution is 2.37. The third kappa shape index (κ3) is 21.8. The zero-order valence-corrected chi connectivity index (χ0v) is 23.9. The molecule has 0 bridgehead atoms. The molecule has 0 aromatic heterocycles. The lowest BCUT2D eigenvalue weighted by Gasteiger charge is -2.29. The van der Waals surface area contributed by atoms with Gasteiger partial charge in [0.05, 0.1) is 78.8 Å². The van der Waals surface area contributed by atoms with Crippen molar-refractivity contribution in [3.8, 4) is 0 Å². The summed E-state index contributed by atoms with van der Waals surface area (Å²) in [5, 5.41) is 9.43. The molecule has 0 saturated heterocycles. The van der Waals surface area contributed by atoms with Crippen molar-refractivity contribution < 1.29 is 82.2 Å². The first kappa shape index (κ1) is 54.4. The molecule has 0 saturated carbocycles. The Labute approximate surface area is 267 Å². The van der Waals surface area contributed by atoms with Crippen LogP contribution in [0.4, 0.5) is 43.9 Å². The topological polar surface area (TPSA) is 84.8 Å². The van der Waals surface area contributed by atoms with Gasteiger partial charge in [0.2, 0.25) is 0 Å². The maximum Gasteiger partial charge on any atom is 0.455 e. The van der Waals surface area contributed by atoms with Gasteiger partial charge in [-0.05, 0) is 6.92 Å². The molecular formula is C28H56F10O8. The Bertz CT molecular complexity index is 729. The number of aliphatic hydroxyl groups is 1. The second kappa shape index (κ2) is 24.2. The molecule has 8 nitrogen and oxygen atoms in total. The Morgan fingerprint density at radius 1 is 0.522 bits per heavy atom. The quantitative estimate of drug-likeness (QED) is 0.0842. The molecule has 3 unspecified atom stereocenters. The van der Waals surface area contributed by atoms with Crippen LogP contribution in [0.3, 0.4) is 0 Å². The van der Waals surface area contributed by atoms with Crippen LogP contribution in [-0.2, 0) is 33.2 Å². The van der Waals surface area contributed by atoms with Crippen LogP contribution in [0.2, 0.25) is 0 Å². The molecular weight excluding hydrogens is 654 g/mol. The summed E-state index contributed by atoms with van der Waals surface area (Å²) < 4.78 is 161. The van der Waals surface area contributed by atoms with Gasteiger partial charge in [-0.3, -0.25) is 0 Å². The first-order chi connectivity index (χ1) is 19.1. The third-order valence-electron chi connectivity index (χ3n) is 5.43. The Kier molecular flexibility index (Phi) is 28.6. The predicted octanol–water partition coefficient (Wildman–Crippen LogP) is 7.07. The highest BCUT2D eigenvalue weighted by atomic mass is 19.4. The van der Waals surface area contributed by atoms with Crippen molar-refractivity contribution in [1.29, 1.82) is 0 Å². The maximum atomic E-state index is 13.0. The molecule has 0 fully saturated rings. The van der Waals surface area contributed by atoms with E-state index in [1.807, 2.05) is 0 Å². The highest BCUT2D eigenvalue weighted by molar-refractivity contribution is 4.79. The zero-order valence-electron chi connectivity index (χ0n) is 23.9. The van der Waals surface area contributed by atoms with Crippen molar-refractivity contribution >= 4 is 0 Å². The van der Waals surface area contributed by atoms with E-state index in [4.69, 9.17) is 23.7 Å². The average molecular weight is 711 g/mol. The van der Waals surface area contributed by atoms with Crippen LogP contribution in [0.15, 0.2) is 0 Å². The summed E-state index contributed by atoms with van der Waals surface area (Å²) in [6.07, 6.45) is -11.9. The molecule has 0 aromatic rings. The summed E-state index contributed by atoms with van der Waals surface area (Å²) >= 11 is 0. The van der Waals surface area contributed by atoms with Crippen LogP contribution in [0.1, 0.15) is 50.5 Å². The van der Waals surface area contributed by atoms with Gasteiger partial charge >= 0.3 is 24.2 Å². The van der Waals surface area contributed by atoms with Gasteiger partial charge in [-0.2, -0.15) is 43.9 Å². The van der Waals surface area contributed by atoms with Crippen molar-refractivity contribution in [2.75, 3.05) is 93.0 Å². The van der Waals surface area contributed by atoms with Crippen LogP contribution < -0.4 is 0 Å². The largest absolute Gasteiger partial charge is 0.455 e. The third-order valence-corrected chi connectivity index (χ3v) is 5.43. The fraction of sp³-hybridized carbons (Fsp3) is 1.00. The number of hydrogen-bond donors (Lipinski definition) is 1. The summed E-state index contributed by atoms with van der Waals surface area (Å²) in [7, 11) is 1.32. The molecule has 0 aromatic carbocycles. The maximum absolute atomic E-state index is 13.0. The van der Waals surface area contributed by atoms with Gasteiger partial charge in [0.1, 0.15) is 13.2 Å². The Morgan fingerprint density at radius 2 is 0.891 bits per heavy atom. The Balaban J connectivity index is -0.00000140. The van der Waals surface area contributed by atoms with Crippen LogP contribution in [0.25, 0.3) is 0 Å². The Morgan fingerprint density at radius 3 is 1.30 bits per heavy atom. The van der Waals surface area contributed by atoms with Gasteiger partial charge < -0.3 is 38.3 Å². The van der Waals surface area contributed by atoms with E-state index >= 15 is 0 Å². The highest BCUT2D eigenvalue weighted by Gasteiger charge is 2.58. The van der Waals surface area contributed by atoms with Crippen LogP contribution in [-0.4, -0.2) is 128 Å². The first-order valence-corrected chi connectivity index (χ1v) is 12.6. The number of hydrogen-bond acceptors (Lipinski definition) is 8. The minimum atomic E-state index is -5.75. The molecule has 0 heterocycles. The van der Waals surface area contributed by atoms with E-state index in [0.717, 1.165) is 0 Å². The SMILES string of the molecule is C.C.C.C.COCC(C)(COCCOC(C)COCCOCC(C)(CO)COCC(F)(F)C(F)(F)F)COCC(F)(F)C(F)(F)F. The van der Waals surface area contributed by atoms with Crippen molar-refractivity contribution in [3.63, 3.8) is 0 Å². The molecule has 286 valence electrons. The minimum absolute atomic E-state index is 0. The van der Waals surface area contributed by atoms with E-state index in [-0.39, 0.29) is 82.6 Å². The second-order valence-electron chi connectivity index (χ2n) is 10.5. The van der Waals surface area contributed by atoms with Gasteiger partial charge in [-0.1, -0.05) is 43.6 Å². The molecule has 18 heteroatoms. The number of halogens is 10. The molecule has 0 aliphatic heterocycles. The molecule has 0 aliphatic rings. The van der Waals surface area contributed by atoms with Gasteiger partial charge in [-0.15, -0.1) is 0 Å². The summed E-state index contributed by atoms with van der Waals surface area (Å²) in [6.45, 7) is -0.734. The number of methoxy groups -OCH3 is 1. The van der Waals surface area contributed by atoms with Gasteiger partial charge in [0.15, 0.2) is 0 Å². The lowest BCUT2D eigenvalue weighted by Crippen LogP contribution is -2.43. The predicted molar refractivity (Wildman–Crippen MR) is 154 cm³/mol. The van der Waals surface area contributed by atoms with Crippen LogP contribution in [0, 0.1) is 10.8 Å². The van der Waals surface area contributed by atoms with Crippen molar-refractivity contribution in [3.05, 3.63) is 0 Å². The van der Waals surface area contributed by atoms with Gasteiger partial charge in [0, 0.05) is 17.9 Å². The summed E-state index contributed by atoms with van der Waals surface area (Å²) in [6, 6.07) is 0. The van der Waals surface area contributed by atoms with Gasteiger partial charge in [-0.25, -0.2) is 0 Å². The van der Waals surface area contributed by atoms with Crippen molar-refractivity contribution in [2.45, 2.75) is 80.8 Å².